The van der Waals surface area contributed by atoms with Gasteiger partial charge in [0.05, 0.1) is 17.5 Å². The number of carbonyl (C=O) groups excluding carboxylic acids is 3. The molecule has 8 heteroatoms. The van der Waals surface area contributed by atoms with Crippen LogP contribution in [-0.4, -0.2) is 24.4 Å². The maximum atomic E-state index is 12.4. The maximum absolute atomic E-state index is 12.4. The van der Waals surface area contributed by atoms with Crippen LogP contribution < -0.4 is 10.6 Å². The lowest BCUT2D eigenvalue weighted by molar-refractivity contribution is -0.119. The molecule has 0 aliphatic rings. The number of esters is 1. The van der Waals surface area contributed by atoms with E-state index in [2.05, 4.69) is 26.6 Å². The Hall–Kier alpha value is -3.39. The highest BCUT2D eigenvalue weighted by atomic mass is 79.9. The Labute approximate surface area is 168 Å². The predicted octanol–water partition coefficient (Wildman–Crippen LogP) is 4.09. The van der Waals surface area contributed by atoms with E-state index in [1.807, 2.05) is 6.07 Å². The molecule has 2 amide bonds. The molecule has 0 fully saturated rings. The summed E-state index contributed by atoms with van der Waals surface area (Å²) in [6.07, 6.45) is 1.37. The van der Waals surface area contributed by atoms with Gasteiger partial charge in [0.2, 0.25) is 0 Å². The maximum Gasteiger partial charge on any atom is 0.340 e. The number of para-hydroxylation sites is 1. The molecule has 0 atom stereocenters. The number of hydrogen-bond acceptors (Lipinski definition) is 5. The molecule has 0 bridgehead atoms. The van der Waals surface area contributed by atoms with Gasteiger partial charge < -0.3 is 19.8 Å². The fraction of sp³-hybridized carbons (Fsp3) is 0.0500. The number of furan rings is 1. The van der Waals surface area contributed by atoms with Crippen molar-refractivity contribution in [1.82, 2.24) is 0 Å². The van der Waals surface area contributed by atoms with Gasteiger partial charge in [-0.15, -0.1) is 0 Å². The highest BCUT2D eigenvalue weighted by Gasteiger charge is 2.17. The van der Waals surface area contributed by atoms with E-state index in [-0.39, 0.29) is 17.0 Å². The summed E-state index contributed by atoms with van der Waals surface area (Å²) in [6, 6.07) is 16.4. The second-order valence-electron chi connectivity index (χ2n) is 5.61. The molecule has 2 aromatic carbocycles. The Morgan fingerprint density at radius 1 is 0.964 bits per heavy atom. The minimum absolute atomic E-state index is 0.108. The Morgan fingerprint density at radius 2 is 1.79 bits per heavy atom. The number of nitrogens with one attached hydrogen (secondary N) is 2. The summed E-state index contributed by atoms with van der Waals surface area (Å²) in [6.45, 7) is -0.466. The van der Waals surface area contributed by atoms with Crippen LogP contribution in [0.1, 0.15) is 20.9 Å². The zero-order chi connectivity index (χ0) is 19.9. The summed E-state index contributed by atoms with van der Waals surface area (Å²) in [7, 11) is 0. The first-order valence-corrected chi connectivity index (χ1v) is 8.98. The zero-order valence-electron chi connectivity index (χ0n) is 14.5. The van der Waals surface area contributed by atoms with Crippen molar-refractivity contribution in [1.29, 1.82) is 0 Å². The summed E-state index contributed by atoms with van der Waals surface area (Å²) < 4.78 is 10.9. The molecule has 0 spiro atoms. The van der Waals surface area contributed by atoms with Gasteiger partial charge in [-0.05, 0) is 42.5 Å². The van der Waals surface area contributed by atoms with Gasteiger partial charge >= 0.3 is 5.97 Å². The molecule has 0 aliphatic heterocycles. The number of halogens is 1. The molecule has 0 saturated carbocycles. The first-order chi connectivity index (χ1) is 13.5. The molecular weight excluding hydrogens is 428 g/mol. The average molecular weight is 443 g/mol. The van der Waals surface area contributed by atoms with Crippen LogP contribution in [0.5, 0.6) is 0 Å². The second-order valence-corrected chi connectivity index (χ2v) is 6.53. The molecule has 1 heterocycles. The van der Waals surface area contributed by atoms with Crippen molar-refractivity contribution in [3.05, 3.63) is 82.7 Å². The zero-order valence-corrected chi connectivity index (χ0v) is 16.1. The average Bonchev–Trinajstić information content (AvgIpc) is 3.21. The molecule has 28 heavy (non-hydrogen) atoms. The van der Waals surface area contributed by atoms with Crippen LogP contribution in [0, 0.1) is 0 Å². The standard InChI is InChI=1S/C20H15BrN2O5/c21-13-5-3-6-14(11-13)22-18(24)12-28-20(26)15-7-1-2-8-16(15)23-19(25)17-9-4-10-27-17/h1-11H,12H2,(H,22,24)(H,23,25). The van der Waals surface area contributed by atoms with Crippen molar-refractivity contribution in [2.45, 2.75) is 0 Å². The monoisotopic (exact) mass is 442 g/mol. The molecule has 0 radical (unpaired) electrons. The normalized spacial score (nSPS) is 10.2. The molecular formula is C20H15BrN2O5. The number of benzene rings is 2. The predicted molar refractivity (Wildman–Crippen MR) is 106 cm³/mol. The van der Waals surface area contributed by atoms with Gasteiger partial charge in [0, 0.05) is 10.2 Å². The van der Waals surface area contributed by atoms with Crippen molar-refractivity contribution < 1.29 is 23.5 Å². The van der Waals surface area contributed by atoms with Crippen LogP contribution in [0.3, 0.4) is 0 Å². The Balaban J connectivity index is 1.61. The van der Waals surface area contributed by atoms with Crippen LogP contribution in [-0.2, 0) is 9.53 Å². The molecule has 2 N–H and O–H groups in total. The molecule has 0 saturated heterocycles. The number of anilines is 2. The quantitative estimate of drug-likeness (QED) is 0.560. The summed E-state index contributed by atoms with van der Waals surface area (Å²) in [5.41, 5.74) is 0.945. The lowest BCUT2D eigenvalue weighted by Crippen LogP contribution is -2.22. The van der Waals surface area contributed by atoms with E-state index < -0.39 is 24.4 Å². The molecule has 142 valence electrons. The summed E-state index contributed by atoms with van der Waals surface area (Å²) in [4.78, 5) is 36.5. The van der Waals surface area contributed by atoms with Crippen molar-refractivity contribution >= 4 is 45.1 Å². The fourth-order valence-corrected chi connectivity index (χ4v) is 2.73. The van der Waals surface area contributed by atoms with Gasteiger partial charge in [0.1, 0.15) is 0 Å². The van der Waals surface area contributed by atoms with Crippen molar-refractivity contribution in [2.75, 3.05) is 17.2 Å². The topological polar surface area (TPSA) is 97.6 Å². The van der Waals surface area contributed by atoms with E-state index >= 15 is 0 Å². The smallest absolute Gasteiger partial charge is 0.340 e. The number of rotatable bonds is 6. The molecule has 3 rings (SSSR count). The first-order valence-electron chi connectivity index (χ1n) is 8.19. The molecule has 7 nitrogen and oxygen atoms in total. The molecule has 3 aromatic rings. The van der Waals surface area contributed by atoms with E-state index in [0.717, 1.165) is 4.47 Å². The second kappa shape index (κ2) is 9.01. The Kier molecular flexibility index (Phi) is 6.23. The molecule has 1 aromatic heterocycles. The van der Waals surface area contributed by atoms with Crippen LogP contribution in [0.2, 0.25) is 0 Å². The number of carbonyl (C=O) groups is 3. The fourth-order valence-electron chi connectivity index (χ4n) is 2.33. The summed E-state index contributed by atoms with van der Waals surface area (Å²) >= 11 is 3.31. The first kappa shape index (κ1) is 19.4. The van der Waals surface area contributed by atoms with Gasteiger partial charge in [-0.3, -0.25) is 9.59 Å². The van der Waals surface area contributed by atoms with Gasteiger partial charge in [-0.1, -0.05) is 34.1 Å². The van der Waals surface area contributed by atoms with E-state index in [1.54, 1.807) is 42.5 Å². The number of ether oxygens (including phenoxy) is 1. The van der Waals surface area contributed by atoms with Crippen LogP contribution >= 0.6 is 15.9 Å². The Morgan fingerprint density at radius 3 is 2.54 bits per heavy atom. The van der Waals surface area contributed by atoms with Gasteiger partial charge in [0.25, 0.3) is 11.8 Å². The third-order valence-corrected chi connectivity index (χ3v) is 4.08. The van der Waals surface area contributed by atoms with Crippen molar-refractivity contribution in [2.24, 2.45) is 0 Å². The summed E-state index contributed by atoms with van der Waals surface area (Å²) in [5, 5.41) is 5.21. The van der Waals surface area contributed by atoms with Crippen molar-refractivity contribution in [3.63, 3.8) is 0 Å². The van der Waals surface area contributed by atoms with E-state index in [0.29, 0.717) is 5.69 Å². The third kappa shape index (κ3) is 5.08. The van der Waals surface area contributed by atoms with E-state index in [4.69, 9.17) is 9.15 Å². The van der Waals surface area contributed by atoms with Gasteiger partial charge in [0.15, 0.2) is 12.4 Å². The van der Waals surface area contributed by atoms with Crippen LogP contribution in [0.25, 0.3) is 0 Å². The largest absolute Gasteiger partial charge is 0.459 e. The lowest BCUT2D eigenvalue weighted by Gasteiger charge is -2.10. The van der Waals surface area contributed by atoms with E-state index in [9.17, 15) is 14.4 Å². The number of amides is 2. The minimum atomic E-state index is -0.736. The van der Waals surface area contributed by atoms with Crippen LogP contribution in [0.15, 0.2) is 75.8 Å². The van der Waals surface area contributed by atoms with Crippen LogP contribution in [0.4, 0.5) is 11.4 Å². The third-order valence-electron chi connectivity index (χ3n) is 3.58. The highest BCUT2D eigenvalue weighted by molar-refractivity contribution is 9.10. The van der Waals surface area contributed by atoms with E-state index in [1.165, 1.54) is 18.4 Å². The lowest BCUT2D eigenvalue weighted by atomic mass is 10.1. The number of hydrogen-bond donors (Lipinski definition) is 2. The van der Waals surface area contributed by atoms with Gasteiger partial charge in [-0.2, -0.15) is 0 Å². The summed E-state index contributed by atoms with van der Waals surface area (Å²) in [5.74, 6) is -1.61. The molecule has 0 unspecified atom stereocenters. The van der Waals surface area contributed by atoms with Crippen molar-refractivity contribution in [3.8, 4) is 0 Å². The van der Waals surface area contributed by atoms with Gasteiger partial charge in [-0.25, -0.2) is 4.79 Å². The Bertz CT molecular complexity index is 1000. The molecule has 0 aliphatic carbocycles. The minimum Gasteiger partial charge on any atom is -0.459 e. The highest BCUT2D eigenvalue weighted by Crippen LogP contribution is 2.18. The SMILES string of the molecule is O=C(COC(=O)c1ccccc1NC(=O)c1ccco1)Nc1cccc(Br)c1.